The van der Waals surface area contributed by atoms with Crippen LogP contribution in [-0.2, 0) is 16.0 Å². The van der Waals surface area contributed by atoms with Crippen molar-refractivity contribution in [2.24, 2.45) is 5.92 Å². The molecule has 4 rings (SSSR count). The summed E-state index contributed by atoms with van der Waals surface area (Å²) >= 11 is 0. The maximum atomic E-state index is 12.7. The molecule has 0 bridgehead atoms. The summed E-state index contributed by atoms with van der Waals surface area (Å²) in [5.41, 5.74) is 2.23. The Balaban J connectivity index is 1.63. The van der Waals surface area contributed by atoms with E-state index in [2.05, 4.69) is 25.7 Å². The summed E-state index contributed by atoms with van der Waals surface area (Å²) in [6.07, 6.45) is 6.84. The summed E-state index contributed by atoms with van der Waals surface area (Å²) in [4.78, 5) is 27.2. The first-order valence-corrected chi connectivity index (χ1v) is 11.1. The minimum absolute atomic E-state index is 0.213. The van der Waals surface area contributed by atoms with Gasteiger partial charge in [0.1, 0.15) is 11.6 Å². The smallest absolute Gasteiger partial charge is 0.228 e. The zero-order chi connectivity index (χ0) is 19.7. The summed E-state index contributed by atoms with van der Waals surface area (Å²) in [6, 6.07) is 0.843. The second-order valence-corrected chi connectivity index (χ2v) is 8.94. The number of carbonyl (C=O) groups excluding carboxylic acids is 1. The highest BCUT2D eigenvalue weighted by Crippen LogP contribution is 2.37. The van der Waals surface area contributed by atoms with E-state index in [1.165, 1.54) is 12.0 Å². The highest BCUT2D eigenvalue weighted by atomic mass is 16.5. The first-order valence-electron chi connectivity index (χ1n) is 11.1. The van der Waals surface area contributed by atoms with Crippen molar-refractivity contribution in [1.29, 1.82) is 0 Å². The van der Waals surface area contributed by atoms with Crippen LogP contribution in [0.25, 0.3) is 0 Å². The topological polar surface area (TPSA) is 58.6 Å². The summed E-state index contributed by atoms with van der Waals surface area (Å²) in [7, 11) is 0. The fourth-order valence-electron chi connectivity index (χ4n) is 4.89. The van der Waals surface area contributed by atoms with Gasteiger partial charge in [0.15, 0.2) is 0 Å². The van der Waals surface area contributed by atoms with E-state index in [1.54, 1.807) is 0 Å². The van der Waals surface area contributed by atoms with Gasteiger partial charge in [-0.2, -0.15) is 0 Å². The van der Waals surface area contributed by atoms with E-state index >= 15 is 0 Å². The Hall–Kier alpha value is -1.53. The van der Waals surface area contributed by atoms with Crippen molar-refractivity contribution in [3.63, 3.8) is 0 Å². The molecule has 0 N–H and O–H groups in total. The summed E-state index contributed by atoms with van der Waals surface area (Å²) < 4.78 is 5.56. The molecule has 1 amide bonds. The first kappa shape index (κ1) is 19.8. The van der Waals surface area contributed by atoms with Crippen LogP contribution < -0.4 is 4.90 Å². The van der Waals surface area contributed by atoms with Gasteiger partial charge in [-0.15, -0.1) is 0 Å². The number of carbonyl (C=O) groups is 1. The van der Waals surface area contributed by atoms with Gasteiger partial charge in [0, 0.05) is 43.5 Å². The number of ether oxygens (including phenoxy) is 1. The Morgan fingerprint density at radius 2 is 1.93 bits per heavy atom. The van der Waals surface area contributed by atoms with E-state index in [-0.39, 0.29) is 11.9 Å². The van der Waals surface area contributed by atoms with Crippen LogP contribution in [0.15, 0.2) is 0 Å². The van der Waals surface area contributed by atoms with Gasteiger partial charge in [-0.3, -0.25) is 14.6 Å². The third-order valence-corrected chi connectivity index (χ3v) is 6.54. The standard InChI is InChI=1S/C22H34N4O2/c1-15(2)8-12-26-20(27)7-6-18-16(3)23-21(24-22(18)26)19-5-4-11-25(19)17-9-13-28-14-10-17/h15,17,19H,4-14H2,1-3H3/t19-/m1/s1. The third-order valence-electron chi connectivity index (χ3n) is 6.54. The lowest BCUT2D eigenvalue weighted by Gasteiger charge is -2.36. The van der Waals surface area contributed by atoms with Crippen LogP contribution in [0.1, 0.15) is 75.5 Å². The molecular formula is C22H34N4O2. The molecule has 1 aromatic heterocycles. The zero-order valence-corrected chi connectivity index (χ0v) is 17.6. The first-order chi connectivity index (χ1) is 13.5. The summed E-state index contributed by atoms with van der Waals surface area (Å²) in [5, 5.41) is 0. The van der Waals surface area contributed by atoms with Crippen LogP contribution in [0.5, 0.6) is 0 Å². The summed E-state index contributed by atoms with van der Waals surface area (Å²) in [6.45, 7) is 10.1. The van der Waals surface area contributed by atoms with Crippen molar-refractivity contribution in [2.75, 3.05) is 31.2 Å². The summed E-state index contributed by atoms with van der Waals surface area (Å²) in [5.74, 6) is 2.59. The molecule has 3 aliphatic rings. The molecule has 0 aliphatic carbocycles. The lowest BCUT2D eigenvalue weighted by Crippen LogP contribution is -2.41. The molecule has 1 atom stereocenters. The van der Waals surface area contributed by atoms with Gasteiger partial charge in [-0.25, -0.2) is 9.97 Å². The van der Waals surface area contributed by atoms with E-state index in [4.69, 9.17) is 14.7 Å². The van der Waals surface area contributed by atoms with Crippen LogP contribution in [0.3, 0.4) is 0 Å². The van der Waals surface area contributed by atoms with Crippen molar-refractivity contribution in [3.05, 3.63) is 17.1 Å². The van der Waals surface area contributed by atoms with Crippen LogP contribution >= 0.6 is 0 Å². The lowest BCUT2D eigenvalue weighted by atomic mass is 10.0. The minimum atomic E-state index is 0.213. The molecule has 154 valence electrons. The van der Waals surface area contributed by atoms with E-state index < -0.39 is 0 Å². The van der Waals surface area contributed by atoms with Gasteiger partial charge in [0.2, 0.25) is 5.91 Å². The number of aryl methyl sites for hydroxylation is 1. The molecule has 1 aromatic rings. The molecular weight excluding hydrogens is 352 g/mol. The number of aromatic nitrogens is 2. The predicted molar refractivity (Wildman–Crippen MR) is 109 cm³/mol. The van der Waals surface area contributed by atoms with Crippen molar-refractivity contribution in [1.82, 2.24) is 14.9 Å². The molecule has 28 heavy (non-hydrogen) atoms. The Bertz CT molecular complexity index is 715. The molecule has 2 fully saturated rings. The molecule has 0 unspecified atom stereocenters. The number of nitrogens with zero attached hydrogens (tertiary/aromatic N) is 4. The average molecular weight is 387 g/mol. The molecule has 0 radical (unpaired) electrons. The molecule has 0 spiro atoms. The number of hydrogen-bond acceptors (Lipinski definition) is 5. The second-order valence-electron chi connectivity index (χ2n) is 8.94. The minimum Gasteiger partial charge on any atom is -0.381 e. The van der Waals surface area contributed by atoms with Crippen molar-refractivity contribution < 1.29 is 9.53 Å². The molecule has 6 nitrogen and oxygen atoms in total. The SMILES string of the molecule is Cc1nc([C@H]2CCCN2C2CCOCC2)nc2c1CCC(=O)N2CCC(C)C. The highest BCUT2D eigenvalue weighted by molar-refractivity contribution is 5.95. The Labute approximate surface area is 168 Å². The molecule has 3 aliphatic heterocycles. The van der Waals surface area contributed by atoms with Gasteiger partial charge in [0.05, 0.1) is 6.04 Å². The monoisotopic (exact) mass is 386 g/mol. The zero-order valence-electron chi connectivity index (χ0n) is 17.6. The van der Waals surface area contributed by atoms with Crippen molar-refractivity contribution >= 4 is 11.7 Å². The molecule has 4 heterocycles. The van der Waals surface area contributed by atoms with E-state index in [1.807, 2.05) is 4.90 Å². The van der Waals surface area contributed by atoms with Gasteiger partial charge in [-0.05, 0) is 57.9 Å². The molecule has 0 aromatic carbocycles. The Morgan fingerprint density at radius 1 is 1.14 bits per heavy atom. The fourth-order valence-corrected chi connectivity index (χ4v) is 4.89. The number of fused-ring (bicyclic) bond motifs is 1. The van der Waals surface area contributed by atoms with Crippen molar-refractivity contribution in [3.8, 4) is 0 Å². The Morgan fingerprint density at radius 3 is 2.68 bits per heavy atom. The van der Waals surface area contributed by atoms with Crippen LogP contribution in [0, 0.1) is 12.8 Å². The van der Waals surface area contributed by atoms with Crippen LogP contribution in [-0.4, -0.2) is 53.1 Å². The van der Waals surface area contributed by atoms with Crippen LogP contribution in [0.4, 0.5) is 5.82 Å². The normalized spacial score (nSPS) is 24.2. The number of hydrogen-bond donors (Lipinski definition) is 0. The molecule has 6 heteroatoms. The molecule has 0 saturated carbocycles. The van der Waals surface area contributed by atoms with E-state index in [0.717, 1.165) is 75.7 Å². The van der Waals surface area contributed by atoms with Gasteiger partial charge in [-0.1, -0.05) is 13.8 Å². The lowest BCUT2D eigenvalue weighted by molar-refractivity contribution is -0.119. The number of anilines is 1. The maximum absolute atomic E-state index is 12.7. The third kappa shape index (κ3) is 3.94. The Kier molecular flexibility index (Phi) is 5.97. The van der Waals surface area contributed by atoms with Crippen molar-refractivity contribution in [2.45, 2.75) is 77.8 Å². The van der Waals surface area contributed by atoms with Gasteiger partial charge < -0.3 is 4.74 Å². The quantitative estimate of drug-likeness (QED) is 0.776. The maximum Gasteiger partial charge on any atom is 0.228 e. The number of amides is 1. The van der Waals surface area contributed by atoms with E-state index in [9.17, 15) is 4.79 Å². The highest BCUT2D eigenvalue weighted by Gasteiger charge is 2.36. The second kappa shape index (κ2) is 8.46. The van der Waals surface area contributed by atoms with Gasteiger partial charge in [0.25, 0.3) is 0 Å². The van der Waals surface area contributed by atoms with Crippen LogP contribution in [0.2, 0.25) is 0 Å². The largest absolute Gasteiger partial charge is 0.381 e. The number of rotatable bonds is 5. The molecule has 2 saturated heterocycles. The predicted octanol–water partition coefficient (Wildman–Crippen LogP) is 3.43. The van der Waals surface area contributed by atoms with E-state index in [0.29, 0.717) is 18.4 Å². The fraction of sp³-hybridized carbons (Fsp3) is 0.773. The van der Waals surface area contributed by atoms with Gasteiger partial charge >= 0.3 is 0 Å². The number of likely N-dealkylation sites (tertiary alicyclic amines) is 1. The average Bonchev–Trinajstić information content (AvgIpc) is 3.17.